The van der Waals surface area contributed by atoms with Gasteiger partial charge in [-0.1, -0.05) is 54.6 Å². The summed E-state index contributed by atoms with van der Waals surface area (Å²) in [5.74, 6) is 0. The van der Waals surface area contributed by atoms with E-state index in [0.717, 1.165) is 0 Å². The quantitative estimate of drug-likeness (QED) is 0.460. The highest BCUT2D eigenvalue weighted by Gasteiger charge is 1.98. The molecule has 0 aliphatic heterocycles. The van der Waals surface area contributed by atoms with Crippen molar-refractivity contribution >= 4 is 57.3 Å². The Morgan fingerprint density at radius 1 is 0.750 bits per heavy atom. The molecule has 0 amide bonds. The summed E-state index contributed by atoms with van der Waals surface area (Å²) in [4.78, 5) is 0. The lowest BCUT2D eigenvalue weighted by atomic mass is 10.1. The Hall–Kier alpha value is -0.360. The Morgan fingerprint density at radius 2 is 1.50 bits per heavy atom. The Labute approximate surface area is 123 Å². The van der Waals surface area contributed by atoms with Crippen molar-refractivity contribution in [2.24, 2.45) is 0 Å². The van der Waals surface area contributed by atoms with Crippen LogP contribution in [0.3, 0.4) is 0 Å². The van der Waals surface area contributed by atoms with E-state index in [1.807, 2.05) is 6.07 Å². The minimum Gasteiger partial charge on any atom is -0.0622 e. The van der Waals surface area contributed by atoms with Crippen LogP contribution in [-0.4, -0.2) is 0 Å². The average molecular weight is 432 g/mol. The molecule has 0 heterocycles. The first-order valence-electron chi connectivity index (χ1n) is 4.94. The van der Waals surface area contributed by atoms with E-state index in [9.17, 15) is 0 Å². The molecule has 0 saturated heterocycles. The zero-order chi connectivity index (χ0) is 11.4. The van der Waals surface area contributed by atoms with Crippen LogP contribution in [0.4, 0.5) is 0 Å². The van der Waals surface area contributed by atoms with E-state index in [1.54, 1.807) is 0 Å². The van der Waals surface area contributed by atoms with Crippen molar-refractivity contribution in [3.8, 4) is 0 Å². The first kappa shape index (κ1) is 12.1. The third kappa shape index (κ3) is 3.07. The van der Waals surface area contributed by atoms with E-state index in [2.05, 4.69) is 99.8 Å². The van der Waals surface area contributed by atoms with Crippen LogP contribution in [0.1, 0.15) is 11.1 Å². The molecule has 80 valence electrons. The molecule has 0 N–H and O–H groups in total. The van der Waals surface area contributed by atoms with Crippen LogP contribution in [0.25, 0.3) is 12.2 Å². The van der Waals surface area contributed by atoms with Gasteiger partial charge in [0.05, 0.1) is 0 Å². The molecule has 0 aromatic heterocycles. The maximum Gasteiger partial charge on any atom is 0.0336 e. The molecular weight excluding hydrogens is 422 g/mol. The molecule has 0 bridgehead atoms. The second-order valence-electron chi connectivity index (χ2n) is 3.39. The van der Waals surface area contributed by atoms with Gasteiger partial charge < -0.3 is 0 Å². The lowest BCUT2D eigenvalue weighted by Crippen LogP contribution is -1.83. The van der Waals surface area contributed by atoms with Gasteiger partial charge in [-0.2, -0.15) is 0 Å². The summed E-state index contributed by atoms with van der Waals surface area (Å²) in [6.07, 6.45) is 4.31. The maximum absolute atomic E-state index is 2.39. The number of halogens is 2. The molecule has 2 aromatic rings. The third-order valence-electron chi connectivity index (χ3n) is 2.24. The molecule has 0 aliphatic carbocycles. The summed E-state index contributed by atoms with van der Waals surface area (Å²) in [6, 6.07) is 16.7. The molecule has 0 spiro atoms. The Kier molecular flexibility index (Phi) is 4.40. The Balaban J connectivity index is 2.28. The van der Waals surface area contributed by atoms with Gasteiger partial charge in [0.25, 0.3) is 0 Å². The van der Waals surface area contributed by atoms with E-state index in [1.165, 1.54) is 18.3 Å². The van der Waals surface area contributed by atoms with E-state index in [-0.39, 0.29) is 0 Å². The smallest absolute Gasteiger partial charge is 0.0336 e. The molecule has 0 radical (unpaired) electrons. The van der Waals surface area contributed by atoms with Gasteiger partial charge in [0, 0.05) is 7.14 Å². The minimum absolute atomic E-state index is 1.23. The normalized spacial score (nSPS) is 10.9. The van der Waals surface area contributed by atoms with Crippen LogP contribution in [-0.2, 0) is 0 Å². The van der Waals surface area contributed by atoms with Crippen molar-refractivity contribution in [1.82, 2.24) is 0 Å². The van der Waals surface area contributed by atoms with Gasteiger partial charge in [-0.3, -0.25) is 0 Å². The van der Waals surface area contributed by atoms with Crippen LogP contribution in [0, 0.1) is 7.14 Å². The predicted molar refractivity (Wildman–Crippen MR) is 87.2 cm³/mol. The highest BCUT2D eigenvalue weighted by atomic mass is 127. The van der Waals surface area contributed by atoms with E-state index in [0.29, 0.717) is 0 Å². The molecule has 16 heavy (non-hydrogen) atoms. The maximum atomic E-state index is 2.39. The molecule has 0 aliphatic rings. The van der Waals surface area contributed by atoms with Crippen molar-refractivity contribution in [3.05, 3.63) is 66.8 Å². The van der Waals surface area contributed by atoms with Gasteiger partial charge in [0.1, 0.15) is 0 Å². The highest BCUT2D eigenvalue weighted by molar-refractivity contribution is 14.1. The standard InChI is InChI=1S/C14H10I2/c15-13-8-4-7-12(14(13)16)10-9-11-5-2-1-3-6-11/h1-10H. The van der Waals surface area contributed by atoms with Gasteiger partial charge in [-0.15, -0.1) is 0 Å². The zero-order valence-corrected chi connectivity index (χ0v) is 12.8. The fourth-order valence-corrected chi connectivity index (χ4v) is 2.46. The van der Waals surface area contributed by atoms with Gasteiger partial charge in [-0.05, 0) is 62.4 Å². The largest absolute Gasteiger partial charge is 0.0622 e. The predicted octanol–water partition coefficient (Wildman–Crippen LogP) is 5.07. The minimum atomic E-state index is 1.23. The van der Waals surface area contributed by atoms with Crippen molar-refractivity contribution in [3.63, 3.8) is 0 Å². The lowest BCUT2D eigenvalue weighted by Gasteiger charge is -2.00. The number of rotatable bonds is 2. The SMILES string of the molecule is Ic1cccc(C=Cc2ccccc2)c1I. The summed E-state index contributed by atoms with van der Waals surface area (Å²) in [7, 11) is 0. The van der Waals surface area contributed by atoms with Crippen molar-refractivity contribution in [2.45, 2.75) is 0 Å². The molecule has 2 aromatic carbocycles. The first-order chi connectivity index (χ1) is 7.77. The van der Waals surface area contributed by atoms with Gasteiger partial charge in [-0.25, -0.2) is 0 Å². The topological polar surface area (TPSA) is 0 Å². The number of benzene rings is 2. The molecule has 2 heteroatoms. The second-order valence-corrected chi connectivity index (χ2v) is 5.63. The van der Waals surface area contributed by atoms with Crippen molar-refractivity contribution in [2.75, 3.05) is 0 Å². The van der Waals surface area contributed by atoms with E-state index < -0.39 is 0 Å². The molecular formula is C14H10I2. The highest BCUT2D eigenvalue weighted by Crippen LogP contribution is 2.21. The second kappa shape index (κ2) is 5.82. The summed E-state index contributed by atoms with van der Waals surface area (Å²) >= 11 is 4.75. The zero-order valence-electron chi connectivity index (χ0n) is 8.53. The molecule has 0 atom stereocenters. The summed E-state index contributed by atoms with van der Waals surface area (Å²) in [6.45, 7) is 0. The lowest BCUT2D eigenvalue weighted by molar-refractivity contribution is 1.54. The van der Waals surface area contributed by atoms with E-state index >= 15 is 0 Å². The summed E-state index contributed by atoms with van der Waals surface area (Å²) in [5.41, 5.74) is 2.51. The number of hydrogen-bond donors (Lipinski definition) is 0. The van der Waals surface area contributed by atoms with Crippen LogP contribution in [0.5, 0.6) is 0 Å². The van der Waals surface area contributed by atoms with Gasteiger partial charge in [0.15, 0.2) is 0 Å². The van der Waals surface area contributed by atoms with Gasteiger partial charge >= 0.3 is 0 Å². The number of hydrogen-bond acceptors (Lipinski definition) is 0. The molecule has 2 rings (SSSR count). The van der Waals surface area contributed by atoms with Crippen molar-refractivity contribution < 1.29 is 0 Å². The molecule has 0 unspecified atom stereocenters. The average Bonchev–Trinajstić information content (AvgIpc) is 2.32. The third-order valence-corrected chi connectivity index (χ3v) is 5.37. The molecule has 0 fully saturated rings. The fraction of sp³-hybridized carbons (Fsp3) is 0. The van der Waals surface area contributed by atoms with Crippen molar-refractivity contribution in [1.29, 1.82) is 0 Å². The summed E-state index contributed by atoms with van der Waals surface area (Å²) < 4.78 is 2.61. The van der Waals surface area contributed by atoms with E-state index in [4.69, 9.17) is 0 Å². The fourth-order valence-electron chi connectivity index (χ4n) is 1.40. The molecule has 0 nitrogen and oxygen atoms in total. The van der Waals surface area contributed by atoms with Crippen LogP contribution < -0.4 is 0 Å². The van der Waals surface area contributed by atoms with Crippen LogP contribution in [0.2, 0.25) is 0 Å². The Morgan fingerprint density at radius 3 is 2.25 bits per heavy atom. The monoisotopic (exact) mass is 432 g/mol. The van der Waals surface area contributed by atoms with Crippen LogP contribution >= 0.6 is 45.2 Å². The van der Waals surface area contributed by atoms with Crippen LogP contribution in [0.15, 0.2) is 48.5 Å². The summed E-state index contributed by atoms with van der Waals surface area (Å²) in [5, 5.41) is 0. The first-order valence-corrected chi connectivity index (χ1v) is 7.10. The Bertz CT molecular complexity index is 501. The molecule has 0 saturated carbocycles. The van der Waals surface area contributed by atoms with Gasteiger partial charge in [0.2, 0.25) is 0 Å².